The SMILES string of the molecule is COc1ccc(C(=O)N/N=C\c2ccc(OCC(=O)c3ccc(-c4ccccc4)cc3)cc2)cc1. The molecule has 0 heterocycles. The molecule has 0 bridgehead atoms. The zero-order chi connectivity index (χ0) is 24.5. The maximum absolute atomic E-state index is 12.5. The molecule has 0 spiro atoms. The van der Waals surface area contributed by atoms with Gasteiger partial charge < -0.3 is 9.47 Å². The molecule has 0 radical (unpaired) electrons. The molecule has 35 heavy (non-hydrogen) atoms. The lowest BCUT2D eigenvalue weighted by Gasteiger charge is -2.07. The summed E-state index contributed by atoms with van der Waals surface area (Å²) in [5, 5.41) is 3.98. The van der Waals surface area contributed by atoms with Gasteiger partial charge in [-0.05, 0) is 65.2 Å². The predicted molar refractivity (Wildman–Crippen MR) is 136 cm³/mol. The standard InChI is InChI=1S/C29H24N2O4/c1-34-26-17-13-25(14-18-26)29(33)31-30-19-21-7-15-27(16-8-21)35-20-28(32)24-11-9-23(10-12-24)22-5-3-2-4-6-22/h2-19H,20H2,1H3,(H,31,33)/b30-19-. The molecule has 0 aromatic heterocycles. The van der Waals surface area contributed by atoms with Gasteiger partial charge in [0.05, 0.1) is 13.3 Å². The Hall–Kier alpha value is -4.71. The summed E-state index contributed by atoms with van der Waals surface area (Å²) in [5.41, 5.74) is 6.49. The Bertz CT molecular complexity index is 1300. The van der Waals surface area contributed by atoms with Crippen LogP contribution in [0.15, 0.2) is 108 Å². The van der Waals surface area contributed by atoms with E-state index in [2.05, 4.69) is 10.5 Å². The third-order valence-corrected chi connectivity index (χ3v) is 5.30. The molecule has 4 aromatic carbocycles. The minimum absolute atomic E-state index is 0.0595. The Kier molecular flexibility index (Phi) is 7.66. The van der Waals surface area contributed by atoms with Crippen LogP contribution in [0.5, 0.6) is 11.5 Å². The number of ketones is 1. The summed E-state index contributed by atoms with van der Waals surface area (Å²) in [5.74, 6) is 0.823. The first-order valence-corrected chi connectivity index (χ1v) is 11.0. The van der Waals surface area contributed by atoms with Crippen molar-refractivity contribution in [3.8, 4) is 22.6 Å². The van der Waals surface area contributed by atoms with Crippen LogP contribution in [0.2, 0.25) is 0 Å². The molecule has 1 N–H and O–H groups in total. The van der Waals surface area contributed by atoms with E-state index in [-0.39, 0.29) is 18.3 Å². The average molecular weight is 465 g/mol. The summed E-state index contributed by atoms with van der Waals surface area (Å²) in [6.07, 6.45) is 1.53. The smallest absolute Gasteiger partial charge is 0.271 e. The molecule has 0 aliphatic rings. The number of ether oxygens (including phenoxy) is 2. The number of methoxy groups -OCH3 is 1. The predicted octanol–water partition coefficient (Wildman–Crippen LogP) is 5.39. The van der Waals surface area contributed by atoms with Crippen LogP contribution in [0.1, 0.15) is 26.3 Å². The van der Waals surface area contributed by atoms with Crippen LogP contribution in [0, 0.1) is 0 Å². The minimum atomic E-state index is -0.320. The van der Waals surface area contributed by atoms with Crippen LogP contribution in [-0.4, -0.2) is 31.6 Å². The van der Waals surface area contributed by atoms with Gasteiger partial charge in [-0.2, -0.15) is 5.10 Å². The number of hydrazone groups is 1. The van der Waals surface area contributed by atoms with Gasteiger partial charge in [-0.3, -0.25) is 9.59 Å². The minimum Gasteiger partial charge on any atom is -0.497 e. The molecule has 0 atom stereocenters. The lowest BCUT2D eigenvalue weighted by molar-refractivity contribution is 0.0920. The topological polar surface area (TPSA) is 77.0 Å². The highest BCUT2D eigenvalue weighted by Crippen LogP contribution is 2.20. The van der Waals surface area contributed by atoms with Crippen molar-refractivity contribution in [2.24, 2.45) is 5.10 Å². The number of amides is 1. The van der Waals surface area contributed by atoms with E-state index in [1.54, 1.807) is 55.6 Å². The first kappa shape index (κ1) is 23.4. The molecule has 1 amide bonds. The molecule has 4 aromatic rings. The van der Waals surface area contributed by atoms with Crippen LogP contribution >= 0.6 is 0 Å². The van der Waals surface area contributed by atoms with Crippen LogP contribution in [-0.2, 0) is 0 Å². The maximum atomic E-state index is 12.5. The number of carbonyl (C=O) groups is 2. The van der Waals surface area contributed by atoms with Gasteiger partial charge in [-0.15, -0.1) is 0 Å². The van der Waals surface area contributed by atoms with Gasteiger partial charge >= 0.3 is 0 Å². The van der Waals surface area contributed by atoms with E-state index in [1.165, 1.54) is 6.21 Å². The van der Waals surface area contributed by atoms with Crippen LogP contribution in [0.3, 0.4) is 0 Å². The lowest BCUT2D eigenvalue weighted by atomic mass is 10.0. The maximum Gasteiger partial charge on any atom is 0.271 e. The third-order valence-electron chi connectivity index (χ3n) is 5.30. The van der Waals surface area contributed by atoms with E-state index in [0.29, 0.717) is 22.6 Å². The normalized spacial score (nSPS) is 10.7. The number of nitrogens with zero attached hydrogens (tertiary/aromatic N) is 1. The van der Waals surface area contributed by atoms with E-state index in [1.807, 2.05) is 54.6 Å². The molecule has 0 aliphatic carbocycles. The summed E-state index contributed by atoms with van der Waals surface area (Å²) in [6.45, 7) is -0.0595. The molecule has 6 heteroatoms. The van der Waals surface area contributed by atoms with Crippen molar-refractivity contribution >= 4 is 17.9 Å². The Morgan fingerprint density at radius 1 is 0.743 bits per heavy atom. The summed E-state index contributed by atoms with van der Waals surface area (Å²) < 4.78 is 10.7. The third kappa shape index (κ3) is 6.42. The zero-order valence-corrected chi connectivity index (χ0v) is 19.2. The zero-order valence-electron chi connectivity index (χ0n) is 19.2. The quantitative estimate of drug-likeness (QED) is 0.205. The Labute approximate surface area is 203 Å². The average Bonchev–Trinajstić information content (AvgIpc) is 2.93. The van der Waals surface area contributed by atoms with Crippen molar-refractivity contribution in [1.29, 1.82) is 0 Å². The molecular weight excluding hydrogens is 440 g/mol. The fourth-order valence-electron chi connectivity index (χ4n) is 3.33. The van der Waals surface area contributed by atoms with Crippen LogP contribution < -0.4 is 14.9 Å². The number of hydrogen-bond acceptors (Lipinski definition) is 5. The van der Waals surface area contributed by atoms with E-state index in [0.717, 1.165) is 16.7 Å². The number of rotatable bonds is 9. The van der Waals surface area contributed by atoms with Crippen molar-refractivity contribution in [2.75, 3.05) is 13.7 Å². The van der Waals surface area contributed by atoms with Crippen molar-refractivity contribution in [1.82, 2.24) is 5.43 Å². The number of carbonyl (C=O) groups excluding carboxylic acids is 2. The molecule has 0 unspecified atom stereocenters. The molecule has 4 rings (SSSR count). The summed E-state index contributed by atoms with van der Waals surface area (Å²) in [7, 11) is 1.57. The molecule has 0 saturated carbocycles. The molecular formula is C29H24N2O4. The van der Waals surface area contributed by atoms with E-state index in [4.69, 9.17) is 9.47 Å². The van der Waals surface area contributed by atoms with Gasteiger partial charge in [0, 0.05) is 11.1 Å². The number of Topliss-reactive ketones (excluding diaryl/α,β-unsaturated/α-hetero) is 1. The summed E-state index contributed by atoms with van der Waals surface area (Å²) in [4.78, 5) is 24.6. The number of benzene rings is 4. The molecule has 0 saturated heterocycles. The van der Waals surface area contributed by atoms with Crippen LogP contribution in [0.25, 0.3) is 11.1 Å². The van der Waals surface area contributed by atoms with E-state index in [9.17, 15) is 9.59 Å². The highest BCUT2D eigenvalue weighted by Gasteiger charge is 2.08. The van der Waals surface area contributed by atoms with Gasteiger partial charge in [0.15, 0.2) is 12.4 Å². The number of hydrogen-bond donors (Lipinski definition) is 1. The largest absolute Gasteiger partial charge is 0.497 e. The fourth-order valence-corrected chi connectivity index (χ4v) is 3.33. The fraction of sp³-hybridized carbons (Fsp3) is 0.0690. The highest BCUT2D eigenvalue weighted by molar-refractivity contribution is 5.97. The van der Waals surface area contributed by atoms with Gasteiger partial charge in [-0.25, -0.2) is 5.43 Å². The first-order chi connectivity index (χ1) is 17.1. The molecule has 0 fully saturated rings. The van der Waals surface area contributed by atoms with Gasteiger partial charge in [0.1, 0.15) is 11.5 Å². The van der Waals surface area contributed by atoms with Gasteiger partial charge in [0.2, 0.25) is 0 Å². The van der Waals surface area contributed by atoms with E-state index < -0.39 is 0 Å². The summed E-state index contributed by atoms with van der Waals surface area (Å²) >= 11 is 0. The monoisotopic (exact) mass is 464 g/mol. The van der Waals surface area contributed by atoms with E-state index >= 15 is 0 Å². The first-order valence-electron chi connectivity index (χ1n) is 11.0. The van der Waals surface area contributed by atoms with Gasteiger partial charge in [-0.1, -0.05) is 54.6 Å². The number of nitrogens with one attached hydrogen (secondary N) is 1. The second-order valence-electron chi connectivity index (χ2n) is 7.65. The van der Waals surface area contributed by atoms with Crippen molar-refractivity contribution < 1.29 is 19.1 Å². The van der Waals surface area contributed by atoms with Crippen molar-refractivity contribution in [2.45, 2.75) is 0 Å². The second kappa shape index (κ2) is 11.4. The van der Waals surface area contributed by atoms with Crippen molar-refractivity contribution in [3.63, 3.8) is 0 Å². The lowest BCUT2D eigenvalue weighted by Crippen LogP contribution is -2.17. The highest BCUT2D eigenvalue weighted by atomic mass is 16.5. The van der Waals surface area contributed by atoms with Gasteiger partial charge in [0.25, 0.3) is 5.91 Å². The van der Waals surface area contributed by atoms with Crippen molar-refractivity contribution in [3.05, 3.63) is 120 Å². The molecule has 0 aliphatic heterocycles. The second-order valence-corrected chi connectivity index (χ2v) is 7.65. The summed E-state index contributed by atoms with van der Waals surface area (Å²) in [6, 6.07) is 31.3. The molecule has 174 valence electrons. The Morgan fingerprint density at radius 2 is 1.34 bits per heavy atom. The Morgan fingerprint density at radius 3 is 2.00 bits per heavy atom. The van der Waals surface area contributed by atoms with Crippen LogP contribution in [0.4, 0.5) is 0 Å². The molecule has 6 nitrogen and oxygen atoms in total. The Balaban J connectivity index is 1.26.